The van der Waals surface area contributed by atoms with E-state index in [-0.39, 0.29) is 0 Å². The first-order valence-corrected chi connectivity index (χ1v) is 7.36. The smallest absolute Gasteiger partial charge is 0.0239 e. The molecule has 0 amide bonds. The van der Waals surface area contributed by atoms with Crippen LogP contribution in [0.4, 0.5) is 0 Å². The first-order chi connectivity index (χ1) is 8.84. The van der Waals surface area contributed by atoms with E-state index in [2.05, 4.69) is 41.4 Å². The predicted molar refractivity (Wildman–Crippen MR) is 75.6 cm³/mol. The Balaban J connectivity index is 1.67. The Kier molecular flexibility index (Phi) is 3.67. The molecule has 1 atom stereocenters. The lowest BCUT2D eigenvalue weighted by atomic mass is 9.88. The van der Waals surface area contributed by atoms with E-state index in [4.69, 9.17) is 0 Å². The molecule has 1 N–H and O–H groups in total. The zero-order valence-electron chi connectivity index (χ0n) is 11.4. The van der Waals surface area contributed by atoms with Crippen LogP contribution in [-0.2, 0) is 13.0 Å². The molecular weight excluding hydrogens is 220 g/mol. The molecule has 98 valence electrons. The molecule has 2 aliphatic rings. The Morgan fingerprint density at radius 2 is 1.89 bits per heavy atom. The Morgan fingerprint density at radius 1 is 1.17 bits per heavy atom. The summed E-state index contributed by atoms with van der Waals surface area (Å²) in [5.74, 6) is 0.886. The summed E-state index contributed by atoms with van der Waals surface area (Å²) in [7, 11) is 0. The highest BCUT2D eigenvalue weighted by molar-refractivity contribution is 5.29. The molecule has 2 nitrogen and oxygen atoms in total. The lowest BCUT2D eigenvalue weighted by Gasteiger charge is -2.39. The monoisotopic (exact) mass is 244 g/mol. The van der Waals surface area contributed by atoms with Crippen LogP contribution in [0.1, 0.15) is 30.9 Å². The number of benzene rings is 1. The highest BCUT2D eigenvalue weighted by Crippen LogP contribution is 2.26. The van der Waals surface area contributed by atoms with E-state index in [0.717, 1.165) is 18.5 Å². The number of nitrogens with zero attached hydrogens (tertiary/aromatic N) is 1. The van der Waals surface area contributed by atoms with Crippen LogP contribution >= 0.6 is 0 Å². The van der Waals surface area contributed by atoms with Gasteiger partial charge in [0.2, 0.25) is 0 Å². The summed E-state index contributed by atoms with van der Waals surface area (Å²) in [4.78, 5) is 2.69. The fraction of sp³-hybridized carbons (Fsp3) is 0.625. The molecule has 0 saturated carbocycles. The number of hydrogen-bond donors (Lipinski definition) is 1. The highest BCUT2D eigenvalue weighted by atomic mass is 15.2. The molecule has 0 bridgehead atoms. The van der Waals surface area contributed by atoms with Crippen LogP contribution in [0, 0.1) is 5.92 Å². The van der Waals surface area contributed by atoms with E-state index in [0.29, 0.717) is 0 Å². The van der Waals surface area contributed by atoms with Crippen molar-refractivity contribution < 1.29 is 0 Å². The van der Waals surface area contributed by atoms with Crippen molar-refractivity contribution in [3.05, 3.63) is 35.4 Å². The van der Waals surface area contributed by atoms with Crippen molar-refractivity contribution in [2.75, 3.05) is 19.6 Å². The molecule has 2 heteroatoms. The molecule has 1 saturated heterocycles. The number of hydrogen-bond acceptors (Lipinski definition) is 2. The zero-order chi connectivity index (χ0) is 12.4. The topological polar surface area (TPSA) is 15.3 Å². The first kappa shape index (κ1) is 12.2. The van der Waals surface area contributed by atoms with Crippen molar-refractivity contribution in [2.45, 2.75) is 38.8 Å². The van der Waals surface area contributed by atoms with Gasteiger partial charge in [0.1, 0.15) is 0 Å². The molecular formula is C16H24N2. The zero-order valence-corrected chi connectivity index (χ0v) is 11.4. The highest BCUT2D eigenvalue weighted by Gasteiger charge is 2.27. The molecule has 0 aromatic heterocycles. The second kappa shape index (κ2) is 5.41. The van der Waals surface area contributed by atoms with E-state index < -0.39 is 0 Å². The summed E-state index contributed by atoms with van der Waals surface area (Å²) in [5.41, 5.74) is 3.11. The Hall–Kier alpha value is -0.860. The summed E-state index contributed by atoms with van der Waals surface area (Å²) in [6.07, 6.45) is 3.92. The van der Waals surface area contributed by atoms with E-state index in [1.54, 1.807) is 11.1 Å². The summed E-state index contributed by atoms with van der Waals surface area (Å²) in [6.45, 7) is 7.24. The summed E-state index contributed by atoms with van der Waals surface area (Å²) in [6, 6.07) is 9.68. The molecule has 2 heterocycles. The fourth-order valence-electron chi connectivity index (χ4n) is 3.49. The van der Waals surface area contributed by atoms with E-state index >= 15 is 0 Å². The molecule has 0 aliphatic carbocycles. The molecule has 18 heavy (non-hydrogen) atoms. The van der Waals surface area contributed by atoms with Gasteiger partial charge >= 0.3 is 0 Å². The van der Waals surface area contributed by atoms with Crippen LogP contribution in [0.2, 0.25) is 0 Å². The van der Waals surface area contributed by atoms with Crippen molar-refractivity contribution in [3.8, 4) is 0 Å². The van der Waals surface area contributed by atoms with Crippen molar-refractivity contribution in [1.29, 1.82) is 0 Å². The Bertz CT molecular complexity index is 396. The van der Waals surface area contributed by atoms with Gasteiger partial charge in [-0.15, -0.1) is 0 Å². The van der Waals surface area contributed by atoms with Gasteiger partial charge in [-0.1, -0.05) is 24.3 Å². The molecule has 2 aliphatic heterocycles. The third kappa shape index (κ3) is 2.45. The predicted octanol–water partition coefficient (Wildman–Crippen LogP) is 2.43. The summed E-state index contributed by atoms with van der Waals surface area (Å²) in [5, 5.41) is 3.47. The van der Waals surface area contributed by atoms with E-state index in [9.17, 15) is 0 Å². The molecule has 0 spiro atoms. The minimum atomic E-state index is 0.737. The Labute approximate surface area is 110 Å². The average molecular weight is 244 g/mol. The molecule has 1 fully saturated rings. The molecule has 1 aromatic rings. The van der Waals surface area contributed by atoms with Crippen LogP contribution < -0.4 is 5.32 Å². The van der Waals surface area contributed by atoms with E-state index in [1.165, 1.54) is 38.9 Å². The second-order valence-corrected chi connectivity index (χ2v) is 5.82. The van der Waals surface area contributed by atoms with Crippen LogP contribution in [0.3, 0.4) is 0 Å². The van der Waals surface area contributed by atoms with Gasteiger partial charge in [-0.05, 0) is 56.3 Å². The van der Waals surface area contributed by atoms with E-state index in [1.807, 2.05) is 0 Å². The molecule has 1 aromatic carbocycles. The van der Waals surface area contributed by atoms with Crippen molar-refractivity contribution in [2.24, 2.45) is 5.92 Å². The third-order valence-electron chi connectivity index (χ3n) is 4.80. The van der Waals surface area contributed by atoms with Gasteiger partial charge in [0, 0.05) is 19.1 Å². The van der Waals surface area contributed by atoms with Gasteiger partial charge in [-0.25, -0.2) is 0 Å². The fourth-order valence-corrected chi connectivity index (χ4v) is 3.49. The maximum absolute atomic E-state index is 3.47. The van der Waals surface area contributed by atoms with Crippen molar-refractivity contribution in [3.63, 3.8) is 0 Å². The van der Waals surface area contributed by atoms with Gasteiger partial charge in [-0.2, -0.15) is 0 Å². The Morgan fingerprint density at radius 3 is 2.67 bits per heavy atom. The summed E-state index contributed by atoms with van der Waals surface area (Å²) >= 11 is 0. The lowest BCUT2D eigenvalue weighted by molar-refractivity contribution is 0.120. The number of rotatable bonds is 2. The first-order valence-electron chi connectivity index (χ1n) is 7.36. The quantitative estimate of drug-likeness (QED) is 0.859. The van der Waals surface area contributed by atoms with Crippen molar-refractivity contribution >= 4 is 0 Å². The average Bonchev–Trinajstić information content (AvgIpc) is 2.47. The van der Waals surface area contributed by atoms with Gasteiger partial charge in [0.05, 0.1) is 0 Å². The minimum Gasteiger partial charge on any atom is -0.317 e. The van der Waals surface area contributed by atoms with Crippen LogP contribution in [0.15, 0.2) is 24.3 Å². The lowest BCUT2D eigenvalue weighted by Crippen LogP contribution is -2.44. The van der Waals surface area contributed by atoms with Gasteiger partial charge < -0.3 is 5.32 Å². The van der Waals surface area contributed by atoms with Gasteiger partial charge in [0.25, 0.3) is 0 Å². The summed E-state index contributed by atoms with van der Waals surface area (Å²) < 4.78 is 0. The third-order valence-corrected chi connectivity index (χ3v) is 4.80. The maximum Gasteiger partial charge on any atom is 0.0239 e. The molecule has 1 unspecified atom stereocenters. The van der Waals surface area contributed by atoms with Gasteiger partial charge in [-0.3, -0.25) is 4.90 Å². The van der Waals surface area contributed by atoms with Gasteiger partial charge in [0.15, 0.2) is 0 Å². The van der Waals surface area contributed by atoms with Crippen LogP contribution in [-0.4, -0.2) is 30.6 Å². The number of nitrogens with one attached hydrogen (secondary N) is 1. The number of piperidine rings is 1. The number of fused-ring (bicyclic) bond motifs is 1. The minimum absolute atomic E-state index is 0.737. The van der Waals surface area contributed by atoms with Crippen LogP contribution in [0.25, 0.3) is 0 Å². The second-order valence-electron chi connectivity index (χ2n) is 5.82. The SMILES string of the molecule is CC(C1CCNCC1)N1CCc2ccccc2C1. The van der Waals surface area contributed by atoms with Crippen molar-refractivity contribution in [1.82, 2.24) is 10.2 Å². The van der Waals surface area contributed by atoms with Crippen LogP contribution in [0.5, 0.6) is 0 Å². The maximum atomic E-state index is 3.47. The standard InChI is InChI=1S/C16H24N2/c1-13(14-6-9-17-10-7-14)18-11-8-15-4-2-3-5-16(15)12-18/h2-5,13-14,17H,6-12H2,1H3. The molecule has 3 rings (SSSR count). The normalized spacial score (nSPS) is 23.6. The molecule has 0 radical (unpaired) electrons. The largest absolute Gasteiger partial charge is 0.317 e.